The lowest BCUT2D eigenvalue weighted by Crippen LogP contribution is -2.46. The summed E-state index contributed by atoms with van der Waals surface area (Å²) < 4.78 is 61.5. The number of aromatic nitrogens is 1. The van der Waals surface area contributed by atoms with Gasteiger partial charge in [0.05, 0.1) is 36.6 Å². The van der Waals surface area contributed by atoms with Gasteiger partial charge in [-0.15, -0.1) is 0 Å². The van der Waals surface area contributed by atoms with Crippen molar-refractivity contribution in [2.45, 2.75) is 31.4 Å². The maximum absolute atomic E-state index is 14.6. The van der Waals surface area contributed by atoms with Crippen molar-refractivity contribution in [1.82, 2.24) is 9.47 Å². The number of nitrogens with one attached hydrogen (secondary N) is 2. The van der Waals surface area contributed by atoms with Crippen molar-refractivity contribution in [3.63, 3.8) is 0 Å². The van der Waals surface area contributed by atoms with Gasteiger partial charge in [0, 0.05) is 29.7 Å². The van der Waals surface area contributed by atoms with Gasteiger partial charge in [0.1, 0.15) is 18.5 Å². The normalized spacial score (nSPS) is 18.1. The van der Waals surface area contributed by atoms with E-state index in [0.717, 1.165) is 11.1 Å². The minimum absolute atomic E-state index is 0.0658. The van der Waals surface area contributed by atoms with Gasteiger partial charge in [-0.3, -0.25) is 4.79 Å². The predicted octanol–water partition coefficient (Wildman–Crippen LogP) is 4.23. The number of halogens is 4. The molecule has 0 spiro atoms. The summed E-state index contributed by atoms with van der Waals surface area (Å²) in [4.78, 5) is 13.4. The third kappa shape index (κ3) is 6.31. The summed E-state index contributed by atoms with van der Waals surface area (Å²) in [6, 6.07) is 10.8. The van der Waals surface area contributed by atoms with Gasteiger partial charge >= 0.3 is 6.18 Å². The molecule has 1 amide bonds. The molecule has 2 atom stereocenters. The summed E-state index contributed by atoms with van der Waals surface area (Å²) in [6.07, 6.45) is -4.99. The molecule has 2 aromatic carbocycles. The molecule has 1 aliphatic rings. The number of amides is 1. The first-order chi connectivity index (χ1) is 18.1. The molecule has 3 aromatic rings. The summed E-state index contributed by atoms with van der Waals surface area (Å²) in [5, 5.41) is 6.75. The van der Waals surface area contributed by atoms with Crippen molar-refractivity contribution < 1.29 is 27.1 Å². The van der Waals surface area contributed by atoms with E-state index < -0.39 is 30.8 Å². The van der Waals surface area contributed by atoms with Crippen LogP contribution in [0.3, 0.4) is 0 Å². The summed E-state index contributed by atoms with van der Waals surface area (Å²) in [5.74, 6) is 5.52. The first-order valence-corrected chi connectivity index (χ1v) is 12.0. The van der Waals surface area contributed by atoms with Crippen LogP contribution >= 0.6 is 0 Å². The number of fused-ring (bicyclic) bond motifs is 1. The SMILES string of the molecule is COc1ccc(C(N)=O)cc1NCC#Cc1cc2c(N[C@H]3CCN(C)C[C@H]3F)cccc2n1CC(F)(F)F. The van der Waals surface area contributed by atoms with Crippen molar-refractivity contribution in [2.75, 3.05) is 44.4 Å². The number of carbonyl (C=O) groups excluding carboxylic acids is 1. The second-order valence-corrected chi connectivity index (χ2v) is 9.22. The Hall–Kier alpha value is -3.91. The summed E-state index contributed by atoms with van der Waals surface area (Å²) in [5.41, 5.74) is 7.17. The number of nitrogens with two attached hydrogens (primary N) is 1. The van der Waals surface area contributed by atoms with Crippen LogP contribution in [0.5, 0.6) is 5.75 Å². The number of rotatable bonds is 7. The van der Waals surface area contributed by atoms with E-state index in [0.29, 0.717) is 41.0 Å². The smallest absolute Gasteiger partial charge is 0.406 e. The summed E-state index contributed by atoms with van der Waals surface area (Å²) in [6.45, 7) is -0.137. The summed E-state index contributed by atoms with van der Waals surface area (Å²) in [7, 11) is 3.32. The number of carbonyl (C=O) groups is 1. The van der Waals surface area contributed by atoms with Gasteiger partial charge in [-0.2, -0.15) is 13.2 Å². The Morgan fingerprint density at radius 1 is 1.21 bits per heavy atom. The van der Waals surface area contributed by atoms with Crippen LogP contribution in [0.4, 0.5) is 28.9 Å². The van der Waals surface area contributed by atoms with E-state index in [4.69, 9.17) is 10.5 Å². The molecule has 38 heavy (non-hydrogen) atoms. The van der Waals surface area contributed by atoms with E-state index in [-0.39, 0.29) is 17.8 Å². The molecule has 1 aliphatic heterocycles. The molecular formula is C27H29F4N5O2. The van der Waals surface area contributed by atoms with Gasteiger partial charge < -0.3 is 30.6 Å². The average molecular weight is 532 g/mol. The second-order valence-electron chi connectivity index (χ2n) is 9.22. The topological polar surface area (TPSA) is 84.5 Å². The minimum Gasteiger partial charge on any atom is -0.495 e. The Morgan fingerprint density at radius 2 is 2.00 bits per heavy atom. The number of hydrogen-bond acceptors (Lipinski definition) is 5. The molecule has 0 unspecified atom stereocenters. The lowest BCUT2D eigenvalue weighted by Gasteiger charge is -2.33. The largest absolute Gasteiger partial charge is 0.495 e. The van der Waals surface area contributed by atoms with E-state index in [2.05, 4.69) is 22.5 Å². The predicted molar refractivity (Wildman–Crippen MR) is 139 cm³/mol. The van der Waals surface area contributed by atoms with Crippen LogP contribution in [-0.4, -0.2) is 67.6 Å². The third-order valence-corrected chi connectivity index (χ3v) is 6.44. The molecule has 1 saturated heterocycles. The van der Waals surface area contributed by atoms with Gasteiger partial charge in [0.25, 0.3) is 0 Å². The van der Waals surface area contributed by atoms with E-state index >= 15 is 0 Å². The van der Waals surface area contributed by atoms with Gasteiger partial charge in [0.2, 0.25) is 5.91 Å². The highest BCUT2D eigenvalue weighted by Crippen LogP contribution is 2.31. The monoisotopic (exact) mass is 531 g/mol. The second kappa shape index (κ2) is 11.2. The Morgan fingerprint density at radius 3 is 2.68 bits per heavy atom. The number of anilines is 2. The Bertz CT molecular complexity index is 1380. The highest BCUT2D eigenvalue weighted by atomic mass is 19.4. The number of nitrogens with zero attached hydrogens (tertiary/aromatic N) is 2. The van der Waals surface area contributed by atoms with Crippen LogP contribution < -0.4 is 21.1 Å². The molecule has 202 valence electrons. The van der Waals surface area contributed by atoms with Crippen molar-refractivity contribution >= 4 is 28.2 Å². The molecule has 11 heteroatoms. The van der Waals surface area contributed by atoms with E-state index in [1.807, 2.05) is 11.9 Å². The fraction of sp³-hybridized carbons (Fsp3) is 0.370. The van der Waals surface area contributed by atoms with Gasteiger partial charge in [0.15, 0.2) is 0 Å². The number of primary amides is 1. The van der Waals surface area contributed by atoms with Crippen LogP contribution in [0.15, 0.2) is 42.5 Å². The number of likely N-dealkylation sites (tertiary alicyclic amines) is 1. The first-order valence-electron chi connectivity index (χ1n) is 12.0. The standard InChI is InChI=1S/C27H29F4N5O2/c1-35-12-10-22(20(28)15-35)34-21-6-3-7-24-19(21)14-18(36(24)16-27(29,30)31)5-4-11-33-23-13-17(26(32)37)8-9-25(23)38-2/h3,6-9,13-14,20,22,33-34H,10-12,15-16H2,1-2H3,(H2,32,37)/t20-,22+/m1/s1. The van der Waals surface area contributed by atoms with Crippen molar-refractivity contribution in [1.29, 1.82) is 0 Å². The number of alkyl halides is 4. The zero-order valence-corrected chi connectivity index (χ0v) is 21.0. The zero-order valence-electron chi connectivity index (χ0n) is 21.0. The average Bonchev–Trinajstić information content (AvgIpc) is 3.20. The highest BCUT2D eigenvalue weighted by Gasteiger charge is 2.31. The Balaban J connectivity index is 1.62. The molecule has 0 bridgehead atoms. The zero-order chi connectivity index (χ0) is 27.4. The molecule has 1 aromatic heterocycles. The van der Waals surface area contributed by atoms with E-state index in [9.17, 15) is 22.4 Å². The number of methoxy groups -OCH3 is 1. The van der Waals surface area contributed by atoms with Crippen molar-refractivity contribution in [3.05, 3.63) is 53.7 Å². The number of benzene rings is 2. The molecule has 0 aliphatic carbocycles. The number of hydrogen-bond donors (Lipinski definition) is 3. The highest BCUT2D eigenvalue weighted by molar-refractivity contribution is 5.95. The van der Waals surface area contributed by atoms with E-state index in [1.54, 1.807) is 30.3 Å². The molecule has 7 nitrogen and oxygen atoms in total. The fourth-order valence-corrected chi connectivity index (χ4v) is 4.56. The molecule has 0 saturated carbocycles. The quantitative estimate of drug-likeness (QED) is 0.314. The number of piperidine rings is 1. The van der Waals surface area contributed by atoms with E-state index in [1.165, 1.54) is 19.2 Å². The van der Waals surface area contributed by atoms with Crippen LogP contribution in [0, 0.1) is 11.8 Å². The molecule has 1 fully saturated rings. The maximum Gasteiger partial charge on any atom is 0.406 e. The minimum atomic E-state index is -4.47. The van der Waals surface area contributed by atoms with Gasteiger partial charge in [-0.1, -0.05) is 12.0 Å². The summed E-state index contributed by atoms with van der Waals surface area (Å²) >= 11 is 0. The first kappa shape index (κ1) is 27.1. The van der Waals surface area contributed by atoms with Crippen LogP contribution in [-0.2, 0) is 6.54 Å². The molecule has 2 heterocycles. The molecule has 4 rings (SSSR count). The van der Waals surface area contributed by atoms with Gasteiger partial charge in [-0.05, 0) is 55.8 Å². The molecule has 0 radical (unpaired) electrons. The van der Waals surface area contributed by atoms with Crippen molar-refractivity contribution in [2.24, 2.45) is 5.73 Å². The Labute approximate surface area is 217 Å². The molecular weight excluding hydrogens is 502 g/mol. The molecule has 4 N–H and O–H groups in total. The van der Waals surface area contributed by atoms with Gasteiger partial charge in [-0.25, -0.2) is 4.39 Å². The van der Waals surface area contributed by atoms with Crippen LogP contribution in [0.25, 0.3) is 10.9 Å². The van der Waals surface area contributed by atoms with Crippen LogP contribution in [0.1, 0.15) is 22.5 Å². The third-order valence-electron chi connectivity index (χ3n) is 6.44. The maximum atomic E-state index is 14.6. The van der Waals surface area contributed by atoms with Crippen molar-refractivity contribution in [3.8, 4) is 17.6 Å². The Kier molecular flexibility index (Phi) is 8.02. The lowest BCUT2D eigenvalue weighted by molar-refractivity contribution is -0.140. The lowest BCUT2D eigenvalue weighted by atomic mass is 10.0. The van der Waals surface area contributed by atoms with Crippen LogP contribution in [0.2, 0.25) is 0 Å². The number of ether oxygens (including phenoxy) is 1. The fourth-order valence-electron chi connectivity index (χ4n) is 4.56.